The summed E-state index contributed by atoms with van der Waals surface area (Å²) < 4.78 is 7.90. The standard InChI is InChI=1S/C64H41NS2/c1-38-14-10-24-51-53-26-12-22-45(63(53)66-61(38)51)42-30-34-57-55(36-42)56-37-43(46-23-13-27-54-52-25-11-15-39(2)62(52)67-64(46)54)31-35-58(56)65(57)44-32-28-41(29-33-44)60-49-20-8-6-18-47(49)59(40-16-4-3-5-17-40)48-19-7-9-21-50(48)60/h3-37H,1-2H3. The molecule has 1 nitrogen and oxygen atoms in total. The summed E-state index contributed by atoms with van der Waals surface area (Å²) >= 11 is 3.84. The van der Waals surface area contributed by atoms with Crippen LogP contribution in [0.5, 0.6) is 0 Å². The summed E-state index contributed by atoms with van der Waals surface area (Å²) in [6.45, 7) is 4.46. The van der Waals surface area contributed by atoms with Gasteiger partial charge in [0.15, 0.2) is 0 Å². The maximum atomic E-state index is 2.48. The van der Waals surface area contributed by atoms with E-state index in [1.54, 1.807) is 0 Å². The zero-order valence-electron chi connectivity index (χ0n) is 37.0. The van der Waals surface area contributed by atoms with Crippen LogP contribution in [-0.2, 0) is 0 Å². The molecule has 0 aliphatic carbocycles. The third-order valence-corrected chi connectivity index (χ3v) is 17.0. The van der Waals surface area contributed by atoms with Gasteiger partial charge >= 0.3 is 0 Å². The summed E-state index contributed by atoms with van der Waals surface area (Å²) in [4.78, 5) is 0. The lowest BCUT2D eigenvalue weighted by atomic mass is 9.86. The largest absolute Gasteiger partial charge is 0.309 e. The maximum absolute atomic E-state index is 2.48. The van der Waals surface area contributed by atoms with E-state index in [4.69, 9.17) is 0 Å². The van der Waals surface area contributed by atoms with Crippen LogP contribution in [0.25, 0.3) is 134 Å². The predicted molar refractivity (Wildman–Crippen MR) is 293 cm³/mol. The topological polar surface area (TPSA) is 4.93 Å². The van der Waals surface area contributed by atoms with Crippen LogP contribution in [0.15, 0.2) is 212 Å². The van der Waals surface area contributed by atoms with Crippen molar-refractivity contribution in [3.63, 3.8) is 0 Å². The smallest absolute Gasteiger partial charge is 0.0541 e. The number of rotatable bonds is 5. The molecule has 314 valence electrons. The van der Waals surface area contributed by atoms with Crippen LogP contribution in [0, 0.1) is 13.8 Å². The van der Waals surface area contributed by atoms with Crippen LogP contribution < -0.4 is 0 Å². The van der Waals surface area contributed by atoms with Gasteiger partial charge in [-0.05, 0) is 127 Å². The summed E-state index contributed by atoms with van der Waals surface area (Å²) in [5.41, 5.74) is 16.2. The molecule has 0 saturated carbocycles. The van der Waals surface area contributed by atoms with E-state index in [0.29, 0.717) is 0 Å². The Hall–Kier alpha value is -7.82. The predicted octanol–water partition coefficient (Wildman–Crippen LogP) is 19.1. The van der Waals surface area contributed by atoms with E-state index in [2.05, 4.69) is 231 Å². The van der Waals surface area contributed by atoms with Gasteiger partial charge in [0, 0.05) is 56.8 Å². The number of aryl methyl sites for hydroxylation is 2. The molecule has 3 aromatic heterocycles. The van der Waals surface area contributed by atoms with Crippen LogP contribution in [0.1, 0.15) is 11.1 Å². The highest BCUT2D eigenvalue weighted by Gasteiger charge is 2.20. The van der Waals surface area contributed by atoms with Gasteiger partial charge in [0.05, 0.1) is 11.0 Å². The first-order valence-electron chi connectivity index (χ1n) is 23.1. The molecule has 0 atom stereocenters. The first kappa shape index (κ1) is 38.4. The van der Waals surface area contributed by atoms with Gasteiger partial charge in [-0.2, -0.15) is 0 Å². The lowest BCUT2D eigenvalue weighted by Gasteiger charge is -2.18. The monoisotopic (exact) mass is 887 g/mol. The number of fused-ring (bicyclic) bond motifs is 11. The fraction of sp³-hybridized carbons (Fsp3) is 0.0312. The van der Waals surface area contributed by atoms with Gasteiger partial charge < -0.3 is 4.57 Å². The summed E-state index contributed by atoms with van der Waals surface area (Å²) in [5.74, 6) is 0. The van der Waals surface area contributed by atoms with E-state index in [1.165, 1.54) is 139 Å². The van der Waals surface area contributed by atoms with Crippen molar-refractivity contribution in [2.24, 2.45) is 0 Å². The van der Waals surface area contributed by atoms with Crippen LogP contribution in [0.4, 0.5) is 0 Å². The molecule has 0 spiro atoms. The van der Waals surface area contributed by atoms with Crippen LogP contribution in [0.2, 0.25) is 0 Å². The fourth-order valence-electron chi connectivity index (χ4n) is 11.1. The number of aromatic nitrogens is 1. The number of nitrogens with zero attached hydrogens (tertiary/aromatic N) is 1. The van der Waals surface area contributed by atoms with Crippen molar-refractivity contribution in [1.29, 1.82) is 0 Å². The Bertz CT molecular complexity index is 4100. The van der Waals surface area contributed by atoms with Crippen molar-refractivity contribution in [3.8, 4) is 50.2 Å². The minimum atomic E-state index is 1.14. The summed E-state index contributed by atoms with van der Waals surface area (Å²) in [6.07, 6.45) is 0. The zero-order chi connectivity index (χ0) is 44.3. The molecule has 0 aliphatic heterocycles. The quantitative estimate of drug-likeness (QED) is 0.152. The minimum absolute atomic E-state index is 1.14. The Kier molecular flexibility index (Phi) is 8.52. The molecular formula is C64H41NS2. The zero-order valence-corrected chi connectivity index (χ0v) is 38.6. The van der Waals surface area contributed by atoms with Gasteiger partial charge in [0.1, 0.15) is 0 Å². The summed E-state index contributed by atoms with van der Waals surface area (Å²) in [7, 11) is 0. The highest BCUT2D eigenvalue weighted by Crippen LogP contribution is 2.47. The van der Waals surface area contributed by atoms with Gasteiger partial charge in [-0.15, -0.1) is 22.7 Å². The molecule has 14 rings (SSSR count). The van der Waals surface area contributed by atoms with Crippen molar-refractivity contribution < 1.29 is 0 Å². The molecule has 0 radical (unpaired) electrons. The van der Waals surface area contributed by atoms with Crippen LogP contribution in [-0.4, -0.2) is 4.57 Å². The Balaban J connectivity index is 0.981. The Morgan fingerprint density at radius 1 is 0.284 bits per heavy atom. The van der Waals surface area contributed by atoms with Crippen LogP contribution in [0.3, 0.4) is 0 Å². The number of hydrogen-bond donors (Lipinski definition) is 0. The molecule has 67 heavy (non-hydrogen) atoms. The van der Waals surface area contributed by atoms with E-state index in [1.807, 2.05) is 22.7 Å². The second-order valence-corrected chi connectivity index (χ2v) is 20.1. The maximum Gasteiger partial charge on any atom is 0.0541 e. The lowest BCUT2D eigenvalue weighted by molar-refractivity contribution is 1.18. The molecule has 11 aromatic carbocycles. The molecular weight excluding hydrogens is 847 g/mol. The molecule has 0 aliphatic rings. The van der Waals surface area contributed by atoms with Gasteiger partial charge in [0.25, 0.3) is 0 Å². The van der Waals surface area contributed by atoms with Gasteiger partial charge in [-0.3, -0.25) is 0 Å². The Morgan fingerprint density at radius 2 is 0.657 bits per heavy atom. The summed E-state index contributed by atoms with van der Waals surface area (Å²) in [6, 6.07) is 79.3. The average Bonchev–Trinajstić information content (AvgIpc) is 4.07. The van der Waals surface area contributed by atoms with E-state index in [9.17, 15) is 0 Å². The molecule has 3 heterocycles. The molecule has 14 aromatic rings. The third kappa shape index (κ3) is 5.78. The minimum Gasteiger partial charge on any atom is -0.309 e. The van der Waals surface area contributed by atoms with Crippen molar-refractivity contribution in [2.75, 3.05) is 0 Å². The van der Waals surface area contributed by atoms with Crippen molar-refractivity contribution in [2.45, 2.75) is 13.8 Å². The number of benzene rings is 11. The molecule has 0 amide bonds. The highest BCUT2D eigenvalue weighted by atomic mass is 32.1. The normalized spacial score (nSPS) is 12.0. The first-order chi connectivity index (χ1) is 33.1. The third-order valence-electron chi connectivity index (χ3n) is 14.2. The molecule has 3 heteroatoms. The van der Waals surface area contributed by atoms with Crippen molar-refractivity contribution in [3.05, 3.63) is 223 Å². The Morgan fingerprint density at radius 3 is 1.12 bits per heavy atom. The molecule has 0 bridgehead atoms. The van der Waals surface area contributed by atoms with Gasteiger partial charge in [0.2, 0.25) is 0 Å². The molecule has 0 N–H and O–H groups in total. The van der Waals surface area contributed by atoms with Gasteiger partial charge in [-0.25, -0.2) is 0 Å². The SMILES string of the molecule is Cc1cccc2c1sc1c(-c3ccc4c(c3)c3cc(-c5cccc6c5sc5c(C)cccc56)ccc3n4-c3ccc(-c4c5ccccc5c(-c5ccccc5)c5ccccc45)cc3)cccc12. The van der Waals surface area contributed by atoms with Crippen LogP contribution >= 0.6 is 22.7 Å². The Labute approximate surface area is 396 Å². The second kappa shape index (κ2) is 14.8. The second-order valence-electron chi connectivity index (χ2n) is 18.0. The molecule has 0 fully saturated rings. The van der Waals surface area contributed by atoms with Crippen molar-refractivity contribution in [1.82, 2.24) is 4.57 Å². The van der Waals surface area contributed by atoms with E-state index >= 15 is 0 Å². The molecule has 0 saturated heterocycles. The fourth-order valence-corrected chi connectivity index (χ4v) is 13.8. The van der Waals surface area contributed by atoms with Crippen molar-refractivity contribution >= 4 is 106 Å². The van der Waals surface area contributed by atoms with E-state index in [0.717, 1.165) is 5.69 Å². The highest BCUT2D eigenvalue weighted by molar-refractivity contribution is 7.27. The van der Waals surface area contributed by atoms with E-state index < -0.39 is 0 Å². The van der Waals surface area contributed by atoms with E-state index in [-0.39, 0.29) is 0 Å². The number of hydrogen-bond acceptors (Lipinski definition) is 2. The first-order valence-corrected chi connectivity index (χ1v) is 24.7. The lowest BCUT2D eigenvalue weighted by Crippen LogP contribution is -1.95. The average molecular weight is 888 g/mol. The number of thiophene rings is 2. The van der Waals surface area contributed by atoms with Gasteiger partial charge in [-0.1, -0.05) is 176 Å². The molecule has 0 unspecified atom stereocenters. The summed E-state index contributed by atoms with van der Waals surface area (Å²) in [5, 5.41) is 12.9.